The fraction of sp³-hybridized carbons (Fsp3) is 0.167. The molecule has 102 valence electrons. The van der Waals surface area contributed by atoms with Gasteiger partial charge in [-0.2, -0.15) is 10.5 Å². The third kappa shape index (κ3) is 3.55. The van der Waals surface area contributed by atoms with E-state index in [0.29, 0.717) is 11.1 Å². The first kappa shape index (κ1) is 14.5. The summed E-state index contributed by atoms with van der Waals surface area (Å²) < 4.78 is 0. The van der Waals surface area contributed by atoms with Crippen LogP contribution in [0.4, 0.5) is 0 Å². The van der Waals surface area contributed by atoms with Crippen molar-refractivity contribution in [1.29, 1.82) is 10.5 Å². The van der Waals surface area contributed by atoms with Crippen molar-refractivity contribution in [3.8, 4) is 12.1 Å². The van der Waals surface area contributed by atoms with E-state index in [9.17, 15) is 0 Å². The summed E-state index contributed by atoms with van der Waals surface area (Å²) in [4.78, 5) is 4.68. The van der Waals surface area contributed by atoms with Crippen LogP contribution in [0, 0.1) is 22.7 Å². The maximum absolute atomic E-state index is 8.88. The van der Waals surface area contributed by atoms with E-state index in [2.05, 4.69) is 17.1 Å². The first-order chi connectivity index (χ1) is 10.1. The molecule has 0 spiro atoms. The molecule has 2 aromatic carbocycles. The second-order valence-electron chi connectivity index (χ2n) is 4.95. The SMILES string of the molecule is CC(C)N=C(c1ccc(C#N)cc1)c1ccc(C#N)cc1. The van der Waals surface area contributed by atoms with E-state index >= 15 is 0 Å². The largest absolute Gasteiger partial charge is 0.281 e. The Bertz CT molecular complexity index is 665. The lowest BCUT2D eigenvalue weighted by Crippen LogP contribution is -2.07. The predicted molar refractivity (Wildman–Crippen MR) is 83.1 cm³/mol. The Morgan fingerprint density at radius 1 is 0.810 bits per heavy atom. The molecule has 0 aliphatic heterocycles. The number of hydrogen-bond donors (Lipinski definition) is 0. The zero-order valence-corrected chi connectivity index (χ0v) is 12.0. The Labute approximate surface area is 124 Å². The second kappa shape index (κ2) is 6.50. The van der Waals surface area contributed by atoms with E-state index in [4.69, 9.17) is 10.5 Å². The highest BCUT2D eigenvalue weighted by atomic mass is 14.8. The van der Waals surface area contributed by atoms with Crippen LogP contribution in [0.2, 0.25) is 0 Å². The molecule has 0 aromatic heterocycles. The highest BCUT2D eigenvalue weighted by Gasteiger charge is 2.08. The Balaban J connectivity index is 2.47. The summed E-state index contributed by atoms with van der Waals surface area (Å²) in [5, 5.41) is 17.8. The standard InChI is InChI=1S/C18H15N3/c1-13(2)21-18(16-7-3-14(11-19)4-8-16)17-9-5-15(12-20)6-10-17/h3-10,13H,1-2H3. The van der Waals surface area contributed by atoms with E-state index in [1.54, 1.807) is 24.3 Å². The summed E-state index contributed by atoms with van der Waals surface area (Å²) in [6.45, 7) is 4.04. The minimum absolute atomic E-state index is 0.159. The van der Waals surface area contributed by atoms with E-state index in [0.717, 1.165) is 16.8 Å². The van der Waals surface area contributed by atoms with Gasteiger partial charge in [-0.15, -0.1) is 0 Å². The molecule has 0 aliphatic rings. The Hall–Kier alpha value is -2.91. The van der Waals surface area contributed by atoms with Gasteiger partial charge < -0.3 is 0 Å². The average molecular weight is 273 g/mol. The second-order valence-corrected chi connectivity index (χ2v) is 4.95. The Morgan fingerprint density at radius 3 is 1.48 bits per heavy atom. The number of aliphatic imine (C=N–C) groups is 1. The van der Waals surface area contributed by atoms with Gasteiger partial charge in [0.05, 0.1) is 29.0 Å². The molecule has 0 amide bonds. The van der Waals surface area contributed by atoms with E-state index in [1.165, 1.54) is 0 Å². The van der Waals surface area contributed by atoms with Crippen LogP contribution in [0.25, 0.3) is 0 Å². The molecule has 0 radical (unpaired) electrons. The number of nitrogens with zero attached hydrogens (tertiary/aromatic N) is 3. The summed E-state index contributed by atoms with van der Waals surface area (Å²) in [6.07, 6.45) is 0. The molecule has 0 saturated heterocycles. The van der Waals surface area contributed by atoms with Gasteiger partial charge in [-0.25, -0.2) is 0 Å². The van der Waals surface area contributed by atoms with Crippen molar-refractivity contribution in [2.75, 3.05) is 0 Å². The van der Waals surface area contributed by atoms with E-state index in [1.807, 2.05) is 38.1 Å². The lowest BCUT2D eigenvalue weighted by molar-refractivity contribution is 0.837. The minimum Gasteiger partial charge on any atom is -0.281 e. The van der Waals surface area contributed by atoms with E-state index in [-0.39, 0.29) is 6.04 Å². The van der Waals surface area contributed by atoms with Crippen LogP contribution >= 0.6 is 0 Å². The van der Waals surface area contributed by atoms with Crippen molar-refractivity contribution in [1.82, 2.24) is 0 Å². The predicted octanol–water partition coefficient (Wildman–Crippen LogP) is 3.68. The lowest BCUT2D eigenvalue weighted by Gasteiger charge is -2.10. The van der Waals surface area contributed by atoms with Crippen molar-refractivity contribution in [2.24, 2.45) is 4.99 Å². The molecule has 0 atom stereocenters. The molecule has 3 heteroatoms. The molecular weight excluding hydrogens is 258 g/mol. The van der Waals surface area contributed by atoms with Gasteiger partial charge in [0.25, 0.3) is 0 Å². The lowest BCUT2D eigenvalue weighted by atomic mass is 10.00. The number of nitriles is 2. The molecular formula is C18H15N3. The fourth-order valence-corrected chi connectivity index (χ4v) is 1.98. The van der Waals surface area contributed by atoms with Crippen LogP contribution in [0.5, 0.6) is 0 Å². The summed E-state index contributed by atoms with van der Waals surface area (Å²) >= 11 is 0. The molecule has 0 aliphatic carbocycles. The van der Waals surface area contributed by atoms with Crippen molar-refractivity contribution in [2.45, 2.75) is 19.9 Å². The van der Waals surface area contributed by atoms with Gasteiger partial charge in [0.15, 0.2) is 0 Å². The first-order valence-electron chi connectivity index (χ1n) is 6.73. The normalized spacial score (nSPS) is 9.76. The third-order valence-electron chi connectivity index (χ3n) is 2.96. The monoisotopic (exact) mass is 273 g/mol. The van der Waals surface area contributed by atoms with Gasteiger partial charge in [-0.3, -0.25) is 4.99 Å². The molecule has 0 unspecified atom stereocenters. The van der Waals surface area contributed by atoms with Crippen molar-refractivity contribution < 1.29 is 0 Å². The van der Waals surface area contributed by atoms with Crippen molar-refractivity contribution in [3.63, 3.8) is 0 Å². The molecule has 0 bridgehead atoms. The van der Waals surface area contributed by atoms with Gasteiger partial charge in [0.2, 0.25) is 0 Å². The molecule has 0 heterocycles. The summed E-state index contributed by atoms with van der Waals surface area (Å²) in [5.74, 6) is 0. The summed E-state index contributed by atoms with van der Waals surface area (Å²) in [6, 6.07) is 19.1. The zero-order chi connectivity index (χ0) is 15.2. The molecule has 2 rings (SSSR count). The van der Waals surface area contributed by atoms with Crippen molar-refractivity contribution in [3.05, 3.63) is 70.8 Å². The average Bonchev–Trinajstić information content (AvgIpc) is 2.53. The first-order valence-corrected chi connectivity index (χ1v) is 6.73. The van der Waals surface area contributed by atoms with Crippen LogP contribution in [0.15, 0.2) is 53.5 Å². The van der Waals surface area contributed by atoms with E-state index < -0.39 is 0 Å². The smallest absolute Gasteiger partial charge is 0.0991 e. The Kier molecular flexibility index (Phi) is 4.49. The zero-order valence-electron chi connectivity index (χ0n) is 12.0. The molecule has 21 heavy (non-hydrogen) atoms. The highest BCUT2D eigenvalue weighted by Crippen LogP contribution is 2.14. The molecule has 0 N–H and O–H groups in total. The topological polar surface area (TPSA) is 59.9 Å². The highest BCUT2D eigenvalue weighted by molar-refractivity contribution is 6.13. The van der Waals surface area contributed by atoms with Crippen LogP contribution < -0.4 is 0 Å². The molecule has 3 nitrogen and oxygen atoms in total. The fourth-order valence-electron chi connectivity index (χ4n) is 1.98. The summed E-state index contributed by atoms with van der Waals surface area (Å²) in [7, 11) is 0. The minimum atomic E-state index is 0.159. The van der Waals surface area contributed by atoms with Gasteiger partial charge in [-0.1, -0.05) is 24.3 Å². The number of rotatable bonds is 3. The summed E-state index contributed by atoms with van der Waals surface area (Å²) in [5.41, 5.74) is 4.06. The van der Waals surface area contributed by atoms with Crippen LogP contribution in [-0.2, 0) is 0 Å². The molecule has 0 fully saturated rings. The van der Waals surface area contributed by atoms with Crippen LogP contribution in [0.1, 0.15) is 36.1 Å². The number of hydrogen-bond acceptors (Lipinski definition) is 3. The maximum Gasteiger partial charge on any atom is 0.0991 e. The maximum atomic E-state index is 8.88. The van der Waals surface area contributed by atoms with Crippen LogP contribution in [-0.4, -0.2) is 11.8 Å². The van der Waals surface area contributed by atoms with Gasteiger partial charge >= 0.3 is 0 Å². The van der Waals surface area contributed by atoms with Crippen molar-refractivity contribution >= 4 is 5.71 Å². The quantitative estimate of drug-likeness (QED) is 0.801. The number of benzene rings is 2. The van der Waals surface area contributed by atoms with Gasteiger partial charge in [-0.05, 0) is 38.1 Å². The van der Waals surface area contributed by atoms with Gasteiger partial charge in [0.1, 0.15) is 0 Å². The van der Waals surface area contributed by atoms with Gasteiger partial charge in [0, 0.05) is 17.2 Å². The Morgan fingerprint density at radius 2 is 1.19 bits per heavy atom. The molecule has 0 saturated carbocycles. The molecule has 2 aromatic rings. The van der Waals surface area contributed by atoms with Crippen LogP contribution in [0.3, 0.4) is 0 Å². The third-order valence-corrected chi connectivity index (χ3v) is 2.96.